The Bertz CT molecular complexity index is 430. The van der Waals surface area contributed by atoms with Gasteiger partial charge in [-0.15, -0.1) is 11.6 Å². The van der Waals surface area contributed by atoms with Crippen molar-refractivity contribution >= 4 is 44.9 Å². The van der Waals surface area contributed by atoms with E-state index in [2.05, 4.69) is 4.18 Å². The van der Waals surface area contributed by atoms with Crippen LogP contribution in [0.4, 0.5) is 0 Å². The summed E-state index contributed by atoms with van der Waals surface area (Å²) in [5.41, 5.74) is 0. The standard InChI is InChI=1S/C7H5Cl3O3S/c8-4-14(11,12)13-7-2-1-5(9)3-6(7)10/h1-3H,4H2. The zero-order chi connectivity index (χ0) is 10.8. The van der Waals surface area contributed by atoms with Crippen molar-refractivity contribution < 1.29 is 12.6 Å². The smallest absolute Gasteiger partial charge is 0.323 e. The van der Waals surface area contributed by atoms with Crippen LogP contribution in [0.1, 0.15) is 0 Å². The van der Waals surface area contributed by atoms with E-state index in [1.54, 1.807) is 0 Å². The molecule has 0 saturated heterocycles. The van der Waals surface area contributed by atoms with Crippen LogP contribution in [0.2, 0.25) is 10.0 Å². The van der Waals surface area contributed by atoms with Crippen LogP contribution in [-0.4, -0.2) is 13.6 Å². The molecule has 0 heterocycles. The van der Waals surface area contributed by atoms with Gasteiger partial charge in [0.25, 0.3) is 0 Å². The van der Waals surface area contributed by atoms with E-state index >= 15 is 0 Å². The maximum absolute atomic E-state index is 11.0. The fraction of sp³-hybridized carbons (Fsp3) is 0.143. The van der Waals surface area contributed by atoms with Gasteiger partial charge in [0.1, 0.15) is 0 Å². The van der Waals surface area contributed by atoms with E-state index in [0.717, 1.165) is 0 Å². The van der Waals surface area contributed by atoms with Crippen LogP contribution in [0.3, 0.4) is 0 Å². The Morgan fingerprint density at radius 2 is 1.93 bits per heavy atom. The highest BCUT2D eigenvalue weighted by Gasteiger charge is 2.13. The Balaban J connectivity index is 2.99. The summed E-state index contributed by atoms with van der Waals surface area (Å²) in [6.07, 6.45) is 0. The number of hydrogen-bond donors (Lipinski definition) is 0. The Labute approximate surface area is 96.7 Å². The average molecular weight is 276 g/mol. The van der Waals surface area contributed by atoms with Gasteiger partial charge in [-0.3, -0.25) is 0 Å². The van der Waals surface area contributed by atoms with E-state index < -0.39 is 15.3 Å². The van der Waals surface area contributed by atoms with Gasteiger partial charge >= 0.3 is 10.1 Å². The Morgan fingerprint density at radius 3 is 2.43 bits per heavy atom. The minimum atomic E-state index is -3.77. The molecule has 0 amide bonds. The second-order valence-corrected chi connectivity index (χ2v) is 5.32. The predicted molar refractivity (Wildman–Crippen MR) is 56.7 cm³/mol. The van der Waals surface area contributed by atoms with Gasteiger partial charge in [0.05, 0.1) is 5.02 Å². The molecule has 0 atom stereocenters. The summed E-state index contributed by atoms with van der Waals surface area (Å²) in [7, 11) is -3.77. The van der Waals surface area contributed by atoms with Crippen molar-refractivity contribution in [3.8, 4) is 5.75 Å². The molecule has 1 aromatic carbocycles. The van der Waals surface area contributed by atoms with Crippen LogP contribution in [0.15, 0.2) is 18.2 Å². The Hall–Kier alpha value is -0.160. The summed E-state index contributed by atoms with van der Waals surface area (Å²) < 4.78 is 26.5. The zero-order valence-corrected chi connectivity index (χ0v) is 9.79. The third-order valence-electron chi connectivity index (χ3n) is 1.24. The second-order valence-electron chi connectivity index (χ2n) is 2.32. The first-order chi connectivity index (χ1) is 6.44. The number of hydrogen-bond acceptors (Lipinski definition) is 3. The SMILES string of the molecule is O=S(=O)(CCl)Oc1ccc(Cl)cc1Cl. The summed E-state index contributed by atoms with van der Waals surface area (Å²) >= 11 is 16.4. The lowest BCUT2D eigenvalue weighted by Crippen LogP contribution is -2.10. The quantitative estimate of drug-likeness (QED) is 0.629. The first kappa shape index (κ1) is 11.9. The molecule has 0 bridgehead atoms. The maximum atomic E-state index is 11.0. The van der Waals surface area contributed by atoms with Crippen LogP contribution >= 0.6 is 34.8 Å². The molecule has 78 valence electrons. The minimum Gasteiger partial charge on any atom is -0.380 e. The first-order valence-electron chi connectivity index (χ1n) is 3.38. The second kappa shape index (κ2) is 4.57. The van der Waals surface area contributed by atoms with Crippen LogP contribution in [0.5, 0.6) is 5.75 Å². The van der Waals surface area contributed by atoms with Gasteiger partial charge in [-0.05, 0) is 18.2 Å². The van der Waals surface area contributed by atoms with Crippen molar-refractivity contribution in [2.45, 2.75) is 0 Å². The third-order valence-corrected chi connectivity index (χ3v) is 3.28. The van der Waals surface area contributed by atoms with E-state index in [1.807, 2.05) is 0 Å². The summed E-state index contributed by atoms with van der Waals surface area (Å²) in [6.45, 7) is 0. The van der Waals surface area contributed by atoms with Crippen molar-refractivity contribution in [1.82, 2.24) is 0 Å². The van der Waals surface area contributed by atoms with Gasteiger partial charge in [-0.1, -0.05) is 23.2 Å². The molecule has 0 aliphatic carbocycles. The van der Waals surface area contributed by atoms with Gasteiger partial charge in [0.15, 0.2) is 11.0 Å². The fourth-order valence-corrected chi connectivity index (χ4v) is 1.79. The first-order valence-corrected chi connectivity index (χ1v) is 6.24. The molecule has 0 N–H and O–H groups in total. The van der Waals surface area contributed by atoms with Crippen molar-refractivity contribution in [3.05, 3.63) is 28.2 Å². The molecule has 1 aromatic rings. The van der Waals surface area contributed by atoms with Crippen molar-refractivity contribution in [1.29, 1.82) is 0 Å². The average Bonchev–Trinajstić information content (AvgIpc) is 2.10. The van der Waals surface area contributed by atoms with Crippen molar-refractivity contribution in [2.24, 2.45) is 0 Å². The van der Waals surface area contributed by atoms with Gasteiger partial charge in [0.2, 0.25) is 0 Å². The van der Waals surface area contributed by atoms with E-state index in [4.69, 9.17) is 34.8 Å². The molecule has 3 nitrogen and oxygen atoms in total. The molecule has 0 unspecified atom stereocenters. The van der Waals surface area contributed by atoms with E-state index in [0.29, 0.717) is 5.02 Å². The van der Waals surface area contributed by atoms with Crippen LogP contribution < -0.4 is 4.18 Å². The molecule has 0 aliphatic rings. The molecule has 0 radical (unpaired) electrons. The predicted octanol–water partition coefficient (Wildman–Crippen LogP) is 2.90. The lowest BCUT2D eigenvalue weighted by atomic mass is 10.3. The molecule has 0 fully saturated rings. The highest BCUT2D eigenvalue weighted by Crippen LogP contribution is 2.28. The summed E-state index contributed by atoms with van der Waals surface area (Å²) in [5.74, 6) is 0.0108. The summed E-state index contributed by atoms with van der Waals surface area (Å²) in [5, 5.41) is -0.122. The van der Waals surface area contributed by atoms with Gasteiger partial charge in [0, 0.05) is 5.02 Å². The summed E-state index contributed by atoms with van der Waals surface area (Å²) in [6, 6.07) is 4.20. The molecule has 0 spiro atoms. The van der Waals surface area contributed by atoms with Crippen LogP contribution in [-0.2, 0) is 10.1 Å². The molecule has 0 aliphatic heterocycles. The van der Waals surface area contributed by atoms with Crippen LogP contribution in [0, 0.1) is 0 Å². The zero-order valence-electron chi connectivity index (χ0n) is 6.71. The van der Waals surface area contributed by atoms with Gasteiger partial charge in [-0.25, -0.2) is 0 Å². The van der Waals surface area contributed by atoms with E-state index in [9.17, 15) is 8.42 Å². The van der Waals surface area contributed by atoms with E-state index in [-0.39, 0.29) is 10.8 Å². The Kier molecular flexibility index (Phi) is 3.89. The maximum Gasteiger partial charge on any atom is 0.323 e. The highest BCUT2D eigenvalue weighted by molar-refractivity contribution is 7.88. The molecular weight excluding hydrogens is 270 g/mol. The molecular formula is C7H5Cl3O3S. The van der Waals surface area contributed by atoms with Crippen LogP contribution in [0.25, 0.3) is 0 Å². The number of rotatable bonds is 3. The van der Waals surface area contributed by atoms with Crippen molar-refractivity contribution in [3.63, 3.8) is 0 Å². The molecule has 7 heteroatoms. The number of alkyl halides is 1. The fourth-order valence-electron chi connectivity index (χ4n) is 0.702. The number of benzene rings is 1. The lowest BCUT2D eigenvalue weighted by Gasteiger charge is -2.05. The third kappa shape index (κ3) is 3.20. The molecule has 0 saturated carbocycles. The highest BCUT2D eigenvalue weighted by atomic mass is 35.5. The van der Waals surface area contributed by atoms with Gasteiger partial charge in [-0.2, -0.15) is 8.42 Å². The monoisotopic (exact) mass is 274 g/mol. The molecule has 1 rings (SSSR count). The molecule has 14 heavy (non-hydrogen) atoms. The summed E-state index contributed by atoms with van der Waals surface area (Å²) in [4.78, 5) is 0. The number of halogens is 3. The van der Waals surface area contributed by atoms with E-state index in [1.165, 1.54) is 18.2 Å². The lowest BCUT2D eigenvalue weighted by molar-refractivity contribution is 0.491. The largest absolute Gasteiger partial charge is 0.380 e. The Morgan fingerprint density at radius 1 is 1.29 bits per heavy atom. The minimum absolute atomic E-state index is 0.0108. The normalized spacial score (nSPS) is 11.4. The van der Waals surface area contributed by atoms with Crippen molar-refractivity contribution in [2.75, 3.05) is 5.21 Å². The van der Waals surface area contributed by atoms with Gasteiger partial charge < -0.3 is 4.18 Å². The molecule has 0 aromatic heterocycles. The topological polar surface area (TPSA) is 43.4 Å².